The van der Waals surface area contributed by atoms with Crippen molar-refractivity contribution in [1.29, 1.82) is 0 Å². The Morgan fingerprint density at radius 2 is 1.88 bits per heavy atom. The molecular weight excluding hydrogens is 556 g/mol. The summed E-state index contributed by atoms with van der Waals surface area (Å²) in [4.78, 5) is 43.8. The van der Waals surface area contributed by atoms with Crippen molar-refractivity contribution in [2.45, 2.75) is 46.1 Å². The summed E-state index contributed by atoms with van der Waals surface area (Å²) >= 11 is 1.23. The summed E-state index contributed by atoms with van der Waals surface area (Å²) in [5.41, 5.74) is 1.71. The van der Waals surface area contributed by atoms with Gasteiger partial charge in [0.2, 0.25) is 0 Å². The number of aromatic nitrogens is 1. The first-order valence-corrected chi connectivity index (χ1v) is 14.5. The molecule has 0 spiro atoms. The summed E-state index contributed by atoms with van der Waals surface area (Å²) < 4.78 is 23.8. The normalized spacial score (nSPS) is 14.6. The van der Waals surface area contributed by atoms with Crippen LogP contribution in [0.3, 0.4) is 0 Å². The van der Waals surface area contributed by atoms with Gasteiger partial charge in [0.15, 0.2) is 16.3 Å². The maximum absolute atomic E-state index is 13.9. The molecule has 4 rings (SSSR count). The van der Waals surface area contributed by atoms with Crippen molar-refractivity contribution in [1.82, 2.24) is 4.57 Å². The molecule has 0 aliphatic carbocycles. The second-order valence-corrected chi connectivity index (χ2v) is 10.6. The summed E-state index contributed by atoms with van der Waals surface area (Å²) in [6.45, 7) is 9.42. The number of hydrogen-bond donors (Lipinski definition) is 0. The maximum Gasteiger partial charge on any atom is 0.338 e. The lowest BCUT2D eigenvalue weighted by Crippen LogP contribution is -2.40. The standard InChI is InChI=1S/C32H34N2O7S/c1-6-8-9-17-39-24-13-10-22(11-14-24)18-27-30(36)34-29(23-12-15-25(41-21(4)35)26(19-23)38-5)28(31(37)40-16-7-2)20(3)33-32(34)42-27/h7,10-15,18-19,29H,2,6,8-9,16-17H2,1,3-5H3/b27-18-. The minimum absolute atomic E-state index is 0.000220. The fraction of sp³-hybridized carbons (Fsp3) is 0.312. The van der Waals surface area contributed by atoms with E-state index in [0.717, 1.165) is 30.6 Å². The zero-order valence-corrected chi connectivity index (χ0v) is 25.0. The maximum atomic E-state index is 13.9. The average Bonchev–Trinajstić information content (AvgIpc) is 3.27. The van der Waals surface area contributed by atoms with Gasteiger partial charge < -0.3 is 18.9 Å². The molecular formula is C32H34N2O7S. The van der Waals surface area contributed by atoms with Gasteiger partial charge in [0.1, 0.15) is 12.4 Å². The third kappa shape index (κ3) is 6.88. The zero-order chi connectivity index (χ0) is 30.2. The van der Waals surface area contributed by atoms with Crippen molar-refractivity contribution in [3.05, 3.63) is 97.2 Å². The summed E-state index contributed by atoms with van der Waals surface area (Å²) in [5.74, 6) is 0.141. The van der Waals surface area contributed by atoms with Crippen LogP contribution in [0.1, 0.15) is 57.2 Å². The number of nitrogens with zero attached hydrogens (tertiary/aromatic N) is 2. The van der Waals surface area contributed by atoms with Gasteiger partial charge in [-0.05, 0) is 54.8 Å². The van der Waals surface area contributed by atoms with Gasteiger partial charge in [0.05, 0.1) is 35.6 Å². The van der Waals surface area contributed by atoms with E-state index in [0.29, 0.717) is 27.2 Å². The van der Waals surface area contributed by atoms with Gasteiger partial charge in [-0.1, -0.05) is 62.0 Å². The molecule has 0 amide bonds. The highest BCUT2D eigenvalue weighted by molar-refractivity contribution is 7.07. The van der Waals surface area contributed by atoms with E-state index in [1.165, 1.54) is 36.0 Å². The molecule has 1 atom stereocenters. The van der Waals surface area contributed by atoms with Crippen LogP contribution in [0.4, 0.5) is 0 Å². The zero-order valence-electron chi connectivity index (χ0n) is 24.2. The van der Waals surface area contributed by atoms with E-state index >= 15 is 0 Å². The molecule has 1 unspecified atom stereocenters. The molecule has 42 heavy (non-hydrogen) atoms. The molecule has 0 saturated heterocycles. The number of hydrogen-bond acceptors (Lipinski definition) is 9. The molecule has 1 aliphatic heterocycles. The van der Waals surface area contributed by atoms with Crippen molar-refractivity contribution in [2.24, 2.45) is 4.99 Å². The number of fused-ring (bicyclic) bond motifs is 1. The first kappa shape index (κ1) is 30.5. The Bertz CT molecular complexity index is 1680. The van der Waals surface area contributed by atoms with E-state index in [1.54, 1.807) is 31.2 Å². The number of benzene rings is 2. The van der Waals surface area contributed by atoms with Crippen LogP contribution in [0.5, 0.6) is 17.2 Å². The summed E-state index contributed by atoms with van der Waals surface area (Å²) in [7, 11) is 1.44. The van der Waals surface area contributed by atoms with E-state index in [9.17, 15) is 14.4 Å². The largest absolute Gasteiger partial charge is 0.494 e. The molecule has 9 nitrogen and oxygen atoms in total. The van der Waals surface area contributed by atoms with Crippen LogP contribution in [0.15, 0.2) is 76.2 Å². The number of unbranched alkanes of at least 4 members (excludes halogenated alkanes) is 2. The Labute approximate surface area is 248 Å². The highest BCUT2D eigenvalue weighted by atomic mass is 32.1. The Hall–Kier alpha value is -4.44. The van der Waals surface area contributed by atoms with Gasteiger partial charge >= 0.3 is 11.9 Å². The predicted octanol–water partition coefficient (Wildman–Crippen LogP) is 4.47. The number of ether oxygens (including phenoxy) is 4. The van der Waals surface area contributed by atoms with Gasteiger partial charge in [-0.15, -0.1) is 0 Å². The average molecular weight is 591 g/mol. The molecule has 0 fully saturated rings. The third-order valence-electron chi connectivity index (χ3n) is 6.53. The highest BCUT2D eigenvalue weighted by Crippen LogP contribution is 2.36. The molecule has 0 bridgehead atoms. The smallest absolute Gasteiger partial charge is 0.338 e. The lowest BCUT2D eigenvalue weighted by atomic mass is 9.95. The Morgan fingerprint density at radius 3 is 2.55 bits per heavy atom. The minimum Gasteiger partial charge on any atom is -0.494 e. The summed E-state index contributed by atoms with van der Waals surface area (Å²) in [6, 6.07) is 11.6. The van der Waals surface area contributed by atoms with E-state index in [-0.39, 0.29) is 29.2 Å². The molecule has 2 heterocycles. The second-order valence-electron chi connectivity index (χ2n) is 9.60. The van der Waals surface area contributed by atoms with Crippen LogP contribution in [0, 0.1) is 0 Å². The fourth-order valence-corrected chi connectivity index (χ4v) is 5.60. The van der Waals surface area contributed by atoms with Gasteiger partial charge in [-0.2, -0.15) is 0 Å². The third-order valence-corrected chi connectivity index (χ3v) is 7.51. The fourth-order valence-electron chi connectivity index (χ4n) is 4.56. The number of carbonyl (C=O) groups excluding carboxylic acids is 2. The molecule has 1 aromatic heterocycles. The SMILES string of the molecule is C=CCOC(=O)C1=C(C)N=c2s/c(=C\c3ccc(OCCCCC)cc3)c(=O)n2C1c1ccc(OC(C)=O)c(OC)c1. The molecule has 1 aliphatic rings. The Morgan fingerprint density at radius 1 is 1.12 bits per heavy atom. The molecule has 0 saturated carbocycles. The van der Waals surface area contributed by atoms with Crippen molar-refractivity contribution in [3.63, 3.8) is 0 Å². The number of rotatable bonds is 12. The lowest BCUT2D eigenvalue weighted by molar-refractivity contribution is -0.138. The Kier molecular flexibility index (Phi) is 10.1. The highest BCUT2D eigenvalue weighted by Gasteiger charge is 2.34. The van der Waals surface area contributed by atoms with E-state index in [2.05, 4.69) is 18.5 Å². The van der Waals surface area contributed by atoms with Gasteiger partial charge in [-0.3, -0.25) is 14.2 Å². The molecule has 220 valence electrons. The number of carbonyl (C=O) groups is 2. The van der Waals surface area contributed by atoms with E-state index < -0.39 is 18.0 Å². The molecule has 0 N–H and O–H groups in total. The predicted molar refractivity (Wildman–Crippen MR) is 161 cm³/mol. The van der Waals surface area contributed by atoms with E-state index in [4.69, 9.17) is 18.9 Å². The van der Waals surface area contributed by atoms with Gasteiger partial charge in [-0.25, -0.2) is 9.79 Å². The van der Waals surface area contributed by atoms with Crippen molar-refractivity contribution in [2.75, 3.05) is 20.3 Å². The van der Waals surface area contributed by atoms with Crippen molar-refractivity contribution in [3.8, 4) is 17.2 Å². The summed E-state index contributed by atoms with van der Waals surface area (Å²) in [6.07, 6.45) is 6.51. The minimum atomic E-state index is -0.861. The number of thiazole rings is 1. The molecule has 0 radical (unpaired) electrons. The number of esters is 2. The van der Waals surface area contributed by atoms with Gasteiger partial charge in [0.25, 0.3) is 5.56 Å². The van der Waals surface area contributed by atoms with Crippen LogP contribution in [-0.4, -0.2) is 36.8 Å². The molecule has 10 heteroatoms. The van der Waals surface area contributed by atoms with Crippen molar-refractivity contribution >= 4 is 29.4 Å². The van der Waals surface area contributed by atoms with Crippen molar-refractivity contribution < 1.29 is 28.5 Å². The first-order chi connectivity index (χ1) is 20.3. The van der Waals surface area contributed by atoms with Crippen LogP contribution in [-0.2, 0) is 14.3 Å². The Balaban J connectivity index is 1.79. The van der Waals surface area contributed by atoms with Crippen LogP contribution < -0.4 is 29.1 Å². The van der Waals surface area contributed by atoms with Crippen LogP contribution in [0.2, 0.25) is 0 Å². The molecule has 2 aromatic carbocycles. The number of methoxy groups -OCH3 is 1. The topological polar surface area (TPSA) is 105 Å². The molecule has 3 aromatic rings. The quantitative estimate of drug-likeness (QED) is 0.133. The van der Waals surface area contributed by atoms with Crippen LogP contribution in [0.25, 0.3) is 6.08 Å². The second kappa shape index (κ2) is 14.0. The summed E-state index contributed by atoms with van der Waals surface area (Å²) in [5, 5.41) is 0. The monoisotopic (exact) mass is 590 g/mol. The van der Waals surface area contributed by atoms with Crippen LogP contribution >= 0.6 is 11.3 Å². The lowest BCUT2D eigenvalue weighted by Gasteiger charge is -2.25. The number of allylic oxidation sites excluding steroid dienone is 1. The van der Waals surface area contributed by atoms with Gasteiger partial charge in [0, 0.05) is 6.92 Å². The van der Waals surface area contributed by atoms with E-state index in [1.807, 2.05) is 24.3 Å². The first-order valence-electron chi connectivity index (χ1n) is 13.7.